The molecule has 13 nitrogen and oxygen atoms in total. The highest BCUT2D eigenvalue weighted by Crippen LogP contribution is 2.20. The van der Waals surface area contributed by atoms with E-state index in [1.807, 2.05) is 462 Å². The fourth-order valence-electron chi connectivity index (χ4n) is 8.16. The predicted octanol–water partition coefficient (Wildman–Crippen LogP) is 36.4. The molecule has 0 unspecified atom stereocenters. The van der Waals surface area contributed by atoms with Gasteiger partial charge in [0.25, 0.3) is 0 Å². The molecular weight excluding hydrogens is 1520 g/mol. The van der Waals surface area contributed by atoms with Gasteiger partial charge in [-0.25, -0.2) is 24.9 Å². The van der Waals surface area contributed by atoms with Crippen LogP contribution in [0.5, 0.6) is 0 Å². The number of thiophene rings is 1. The van der Waals surface area contributed by atoms with E-state index in [9.17, 15) is 0 Å². The second-order valence-electron chi connectivity index (χ2n) is 18.1. The molecule has 0 atom stereocenters. The summed E-state index contributed by atoms with van der Waals surface area (Å²) in [6.07, 6.45) is 19.4. The molecule has 0 saturated carbocycles. The Balaban J connectivity index is -0.000000159. The summed E-state index contributed by atoms with van der Waals surface area (Å²) in [6, 6.07) is 80.4. The number of hydrogen-bond acceptors (Lipinski definition) is 13. The van der Waals surface area contributed by atoms with Crippen molar-refractivity contribution in [3.8, 4) is 0 Å². The molecule has 0 aliphatic carbocycles. The average Bonchev–Trinajstić information content (AvgIpc) is 1.84. The molecule has 0 bridgehead atoms. The van der Waals surface area contributed by atoms with Crippen molar-refractivity contribution in [2.45, 2.75) is 249 Å². The van der Waals surface area contributed by atoms with Crippen molar-refractivity contribution in [2.75, 3.05) is 0 Å². The van der Waals surface area contributed by atoms with Gasteiger partial charge < -0.3 is 9.51 Å². The quantitative estimate of drug-likeness (QED) is 0.148. The second kappa shape index (κ2) is 105. The van der Waals surface area contributed by atoms with Crippen LogP contribution in [0.1, 0.15) is 249 Å². The molecule has 10 heterocycles. The van der Waals surface area contributed by atoms with E-state index in [1.54, 1.807) is 42.6 Å². The van der Waals surface area contributed by atoms with Gasteiger partial charge in [-0.1, -0.05) is 400 Å². The highest BCUT2D eigenvalue weighted by molar-refractivity contribution is 7.17. The third-order valence-corrected chi connectivity index (χ3v) is 14.1. The normalized spacial score (nSPS) is 8.00. The first-order valence-corrected chi connectivity index (χ1v) is 46.5. The van der Waals surface area contributed by atoms with Gasteiger partial charge in [0.05, 0.1) is 51.0 Å². The average molecular weight is 1680 g/mol. The molecule has 0 radical (unpaired) electrons. The SMILES string of the molecule is CC.CC.CC.CC.CC.CC.CC.CC.CC.CC.CC.CC.CC.CC.CC.CC.CC.CC.c1ccc2[nH]cnc2c1.c1ccc2[nH]ncc2c1.c1ccc2cnccc2c1.c1ccc2ncccc2c1.c1ccc2ncncc2c1.c1ccc2oncc2c1.c1ccc2sccc2c1.c1ccc2sncc2c1.c1cnc2ncccc2c1. The molecule has 8 aromatic carbocycles. The minimum atomic E-state index is 0.810. The lowest BCUT2D eigenvalue weighted by Gasteiger charge is -1.91. The molecule has 18 rings (SSSR count). The number of H-pyrrole nitrogens is 2. The van der Waals surface area contributed by atoms with E-state index in [0.717, 1.165) is 60.4 Å². The third-order valence-electron chi connectivity index (χ3n) is 12.4. The topological polar surface area (TPSA) is 174 Å². The number of para-hydroxylation sites is 6. The molecule has 0 fully saturated rings. The van der Waals surface area contributed by atoms with Crippen LogP contribution in [0, 0.1) is 0 Å². The van der Waals surface area contributed by atoms with Crippen molar-refractivity contribution in [2.24, 2.45) is 0 Å². The fourth-order valence-corrected chi connectivity index (χ4v) is 9.60. The van der Waals surface area contributed by atoms with Crippen LogP contribution in [0.2, 0.25) is 0 Å². The van der Waals surface area contributed by atoms with Crippen LogP contribution in [0.15, 0.2) is 321 Å². The lowest BCUT2D eigenvalue weighted by atomic mass is 10.2. The van der Waals surface area contributed by atoms with Gasteiger partial charge in [-0.05, 0) is 130 Å². The maximum atomic E-state index is 4.87. The number of aromatic nitrogens is 12. The Morgan fingerprint density at radius 1 is 0.256 bits per heavy atom. The van der Waals surface area contributed by atoms with Gasteiger partial charge in [-0.3, -0.25) is 15.1 Å². The molecule has 15 heteroatoms. The highest BCUT2D eigenvalue weighted by atomic mass is 32.1. The lowest BCUT2D eigenvalue weighted by Crippen LogP contribution is -1.78. The summed E-state index contributed by atoms with van der Waals surface area (Å²) in [4.78, 5) is 31.4. The van der Waals surface area contributed by atoms with Crippen LogP contribution in [0.3, 0.4) is 0 Å². The first-order valence-electron chi connectivity index (χ1n) is 44.9. The molecule has 0 aliphatic heterocycles. The number of aromatic amines is 2. The Labute approximate surface area is 744 Å². The maximum absolute atomic E-state index is 4.87. The van der Waals surface area contributed by atoms with Crippen molar-refractivity contribution in [3.63, 3.8) is 0 Å². The predicted molar refractivity (Wildman–Crippen MR) is 554 cm³/mol. The van der Waals surface area contributed by atoms with Crippen LogP contribution in [-0.2, 0) is 0 Å². The van der Waals surface area contributed by atoms with E-state index in [2.05, 4.69) is 132 Å². The van der Waals surface area contributed by atoms with E-state index in [1.165, 1.54) is 47.9 Å². The number of nitrogens with one attached hydrogen (secondary N) is 2. The summed E-state index contributed by atoms with van der Waals surface area (Å²) >= 11 is 3.32. The van der Waals surface area contributed by atoms with Crippen molar-refractivity contribution in [1.29, 1.82) is 0 Å². The largest absolute Gasteiger partial charge is 0.356 e. The molecule has 0 saturated heterocycles. The van der Waals surface area contributed by atoms with Gasteiger partial charge in [0.1, 0.15) is 6.33 Å². The Kier molecular flexibility index (Phi) is 111. The number of nitrogens with zero attached hydrogens (tertiary/aromatic N) is 10. The van der Waals surface area contributed by atoms with Gasteiger partial charge in [-0.2, -0.15) is 9.47 Å². The Bertz CT molecular complexity index is 3810. The summed E-state index contributed by atoms with van der Waals surface area (Å²) in [5, 5.41) is 23.1. The first-order chi connectivity index (χ1) is 60.2. The molecule has 121 heavy (non-hydrogen) atoms. The minimum Gasteiger partial charge on any atom is -0.356 e. The van der Waals surface area contributed by atoms with Crippen LogP contribution < -0.4 is 0 Å². The lowest BCUT2D eigenvalue weighted by molar-refractivity contribution is 0.456. The van der Waals surface area contributed by atoms with E-state index >= 15 is 0 Å². The van der Waals surface area contributed by atoms with E-state index in [-0.39, 0.29) is 0 Å². The van der Waals surface area contributed by atoms with E-state index in [4.69, 9.17) is 4.52 Å². The number of benzene rings is 8. The first kappa shape index (κ1) is 128. The zero-order valence-electron chi connectivity index (χ0n) is 81.7. The summed E-state index contributed by atoms with van der Waals surface area (Å²) in [7, 11) is 0. The van der Waals surface area contributed by atoms with Gasteiger partial charge in [-0.15, -0.1) is 11.3 Å². The van der Waals surface area contributed by atoms with Gasteiger partial charge in [0, 0.05) is 80.4 Å². The molecule has 0 amide bonds. The minimum absolute atomic E-state index is 0.810. The zero-order valence-corrected chi connectivity index (χ0v) is 83.4. The molecule has 0 spiro atoms. The summed E-state index contributed by atoms with van der Waals surface area (Å²) in [5.41, 5.74) is 6.93. The monoisotopic (exact) mass is 1680 g/mol. The highest BCUT2D eigenvalue weighted by Gasteiger charge is 1.95. The van der Waals surface area contributed by atoms with Gasteiger partial charge in [0.2, 0.25) is 0 Å². The van der Waals surface area contributed by atoms with Crippen LogP contribution in [-0.4, -0.2) is 59.6 Å². The third kappa shape index (κ3) is 58.3. The Hall–Kier alpha value is -11.3. The molecule has 2 N–H and O–H groups in total. The standard InChI is InChI=1S/2C9H7N.2C8H6N2.C8H6S.2C7H6N2.C7H5NO.C7H5NS.18C2H6/c1-2-6-9-8(4-1)5-3-7-10-9;1-2-4-9-7-10-6-5-8(9)3-1;1-3-7-4-2-6-10-8(7)9-5-1;1-2-4-8-7(3-1)5-9-6-10-8;1-2-4-8-7(3-1)5-6-9-8;1-2-4-7-6(3-1)8-5-9-7;3*1-2-4-7-6(3-1)5-8-9-7;18*1-2/h2*1-7H;2*1-6H;1-6H;2*1-5H,(H,8,9);2*1-5H;18*1-2H3. The number of fused-ring (bicyclic) bond motifs is 9. The summed E-state index contributed by atoms with van der Waals surface area (Å²) in [6.45, 7) is 72.0. The smallest absolute Gasteiger partial charge is 0.166 e. The van der Waals surface area contributed by atoms with Crippen LogP contribution >= 0.6 is 22.9 Å². The molecular formula is C106H162N12OS2. The summed E-state index contributed by atoms with van der Waals surface area (Å²) < 4.78 is 11.5. The number of imidazole rings is 1. The van der Waals surface area contributed by atoms with Crippen molar-refractivity contribution in [3.05, 3.63) is 316 Å². The van der Waals surface area contributed by atoms with Crippen molar-refractivity contribution >= 4 is 120 Å². The molecule has 18 aromatic rings. The van der Waals surface area contributed by atoms with Crippen molar-refractivity contribution < 1.29 is 4.52 Å². The number of hydrogen-bond donors (Lipinski definition) is 2. The number of pyridine rings is 4. The number of rotatable bonds is 0. The molecule has 0 aliphatic rings. The van der Waals surface area contributed by atoms with Crippen molar-refractivity contribution in [1.82, 2.24) is 59.6 Å². The van der Waals surface area contributed by atoms with Crippen LogP contribution in [0.25, 0.3) is 96.7 Å². The Morgan fingerprint density at radius 3 is 1.15 bits per heavy atom. The van der Waals surface area contributed by atoms with Crippen LogP contribution in [0.4, 0.5) is 0 Å². The fraction of sp³-hybridized carbons (Fsp3) is 0.340. The molecule has 10 aromatic heterocycles. The van der Waals surface area contributed by atoms with Gasteiger partial charge >= 0.3 is 0 Å². The zero-order chi connectivity index (χ0) is 93.8. The summed E-state index contributed by atoms with van der Waals surface area (Å²) in [5.74, 6) is 0. The van der Waals surface area contributed by atoms with E-state index in [0.29, 0.717) is 0 Å². The maximum Gasteiger partial charge on any atom is 0.166 e. The van der Waals surface area contributed by atoms with E-state index < -0.39 is 0 Å². The van der Waals surface area contributed by atoms with Gasteiger partial charge in [0.15, 0.2) is 11.2 Å². The Morgan fingerprint density at radius 2 is 0.661 bits per heavy atom. The molecule has 664 valence electrons. The second-order valence-corrected chi connectivity index (χ2v) is 19.9.